The number of ether oxygens (including phenoxy) is 1. The van der Waals surface area contributed by atoms with Gasteiger partial charge in [0.2, 0.25) is 0 Å². The predicted molar refractivity (Wildman–Crippen MR) is 82.1 cm³/mol. The summed E-state index contributed by atoms with van der Waals surface area (Å²) in [5.74, 6) is 0. The van der Waals surface area contributed by atoms with Crippen LogP contribution in [0.5, 0.6) is 0 Å². The van der Waals surface area contributed by atoms with Gasteiger partial charge in [-0.05, 0) is 42.4 Å². The molecule has 3 atom stereocenters. The molecule has 0 aromatic carbocycles. The van der Waals surface area contributed by atoms with Crippen LogP contribution in [0.25, 0.3) is 0 Å². The van der Waals surface area contributed by atoms with E-state index >= 15 is 0 Å². The van der Waals surface area contributed by atoms with E-state index in [0.717, 1.165) is 17.5 Å². The van der Waals surface area contributed by atoms with E-state index in [0.29, 0.717) is 6.04 Å². The summed E-state index contributed by atoms with van der Waals surface area (Å²) in [5, 5.41) is 2.11. The Balaban J connectivity index is 2.91. The fourth-order valence-electron chi connectivity index (χ4n) is 2.05. The third-order valence-electron chi connectivity index (χ3n) is 3.30. The lowest BCUT2D eigenvalue weighted by Gasteiger charge is -2.35. The fraction of sp³-hybridized carbons (Fsp3) is 0.692. The van der Waals surface area contributed by atoms with Crippen LogP contribution in [0.4, 0.5) is 0 Å². The van der Waals surface area contributed by atoms with E-state index < -0.39 is 0 Å². The zero-order valence-electron chi connectivity index (χ0n) is 11.5. The lowest BCUT2D eigenvalue weighted by Crippen LogP contribution is -2.44. The molecule has 0 aliphatic rings. The molecule has 1 aromatic rings. The largest absolute Gasteiger partial charge is 0.383 e. The van der Waals surface area contributed by atoms with Crippen LogP contribution in [-0.2, 0) is 4.74 Å². The molecule has 5 heteroatoms. The molecule has 1 rings (SSSR count). The Morgan fingerprint density at radius 1 is 1.56 bits per heavy atom. The van der Waals surface area contributed by atoms with Gasteiger partial charge in [-0.1, -0.05) is 6.92 Å². The molecule has 0 fully saturated rings. The van der Waals surface area contributed by atoms with Crippen molar-refractivity contribution < 1.29 is 4.74 Å². The number of nitrogens with two attached hydrogens (primary N) is 1. The first kappa shape index (κ1) is 16.1. The minimum absolute atomic E-state index is 0.139. The maximum atomic E-state index is 6.30. The summed E-state index contributed by atoms with van der Waals surface area (Å²) >= 11 is 5.27. The second kappa shape index (κ2) is 7.60. The van der Waals surface area contributed by atoms with Gasteiger partial charge in [0.1, 0.15) is 0 Å². The smallest absolute Gasteiger partial charge is 0.0615 e. The Labute approximate surface area is 122 Å². The summed E-state index contributed by atoms with van der Waals surface area (Å²) in [6, 6.07) is 2.90. The lowest BCUT2D eigenvalue weighted by atomic mass is 10.0. The van der Waals surface area contributed by atoms with Gasteiger partial charge in [-0.2, -0.15) is 0 Å². The highest BCUT2D eigenvalue weighted by atomic mass is 79.9. The predicted octanol–water partition coefficient (Wildman–Crippen LogP) is 3.26. The number of hydrogen-bond acceptors (Lipinski definition) is 4. The molecule has 0 spiro atoms. The van der Waals surface area contributed by atoms with Gasteiger partial charge in [0.05, 0.1) is 12.6 Å². The van der Waals surface area contributed by atoms with Gasteiger partial charge in [-0.25, -0.2) is 0 Å². The molecule has 3 unspecified atom stereocenters. The summed E-state index contributed by atoms with van der Waals surface area (Å²) in [7, 11) is 3.86. The standard InChI is InChI=1S/C13H23BrN2OS/c1-5-11(15)13(12-6-10(14)8-18-12)16(3)9(2)7-17-4/h6,8-9,11,13H,5,7,15H2,1-4H3. The molecule has 104 valence electrons. The number of methoxy groups -OCH3 is 1. The minimum Gasteiger partial charge on any atom is -0.383 e. The van der Waals surface area contributed by atoms with E-state index in [1.807, 2.05) is 0 Å². The average Bonchev–Trinajstić information content (AvgIpc) is 2.75. The van der Waals surface area contributed by atoms with E-state index in [2.05, 4.69) is 53.2 Å². The normalized spacial score (nSPS) is 16.8. The second-order valence-electron chi connectivity index (χ2n) is 4.65. The van der Waals surface area contributed by atoms with Crippen LogP contribution in [0.1, 0.15) is 31.2 Å². The molecular weight excluding hydrogens is 312 g/mol. The maximum Gasteiger partial charge on any atom is 0.0615 e. The molecule has 2 N–H and O–H groups in total. The average molecular weight is 335 g/mol. The zero-order chi connectivity index (χ0) is 13.7. The van der Waals surface area contributed by atoms with Gasteiger partial charge in [-0.3, -0.25) is 4.90 Å². The zero-order valence-corrected chi connectivity index (χ0v) is 13.9. The van der Waals surface area contributed by atoms with Crippen LogP contribution in [0.3, 0.4) is 0 Å². The molecule has 0 aliphatic heterocycles. The third-order valence-corrected chi connectivity index (χ3v) is 5.06. The van der Waals surface area contributed by atoms with E-state index in [-0.39, 0.29) is 12.1 Å². The molecular formula is C13H23BrN2OS. The third kappa shape index (κ3) is 4.03. The second-order valence-corrected chi connectivity index (χ2v) is 6.51. The summed E-state index contributed by atoms with van der Waals surface area (Å²) < 4.78 is 6.37. The minimum atomic E-state index is 0.139. The molecule has 0 saturated carbocycles. The molecule has 18 heavy (non-hydrogen) atoms. The number of rotatable bonds is 7. The molecule has 0 aliphatic carbocycles. The molecule has 1 aromatic heterocycles. The van der Waals surface area contributed by atoms with Crippen molar-refractivity contribution in [2.24, 2.45) is 5.73 Å². The van der Waals surface area contributed by atoms with Crippen LogP contribution >= 0.6 is 27.3 Å². The Morgan fingerprint density at radius 2 is 2.22 bits per heavy atom. The summed E-state index contributed by atoms with van der Waals surface area (Å²) in [4.78, 5) is 3.62. The summed E-state index contributed by atoms with van der Waals surface area (Å²) in [6.07, 6.45) is 0.963. The highest BCUT2D eigenvalue weighted by Crippen LogP contribution is 2.32. The highest BCUT2D eigenvalue weighted by Gasteiger charge is 2.27. The monoisotopic (exact) mass is 334 g/mol. The van der Waals surface area contributed by atoms with Crippen molar-refractivity contribution in [3.63, 3.8) is 0 Å². The molecule has 0 amide bonds. The van der Waals surface area contributed by atoms with Crippen LogP contribution in [0.2, 0.25) is 0 Å². The first-order chi connectivity index (χ1) is 8.51. The first-order valence-electron chi connectivity index (χ1n) is 6.21. The van der Waals surface area contributed by atoms with Gasteiger partial charge in [0, 0.05) is 33.9 Å². The van der Waals surface area contributed by atoms with Crippen LogP contribution in [0.15, 0.2) is 15.9 Å². The quantitative estimate of drug-likeness (QED) is 0.831. The first-order valence-corrected chi connectivity index (χ1v) is 7.88. The molecule has 1 heterocycles. The molecule has 0 radical (unpaired) electrons. The molecule has 3 nitrogen and oxygen atoms in total. The van der Waals surface area contributed by atoms with Crippen molar-refractivity contribution in [2.45, 2.75) is 38.4 Å². The number of likely N-dealkylation sites (N-methyl/N-ethyl adjacent to an activating group) is 1. The van der Waals surface area contributed by atoms with Crippen molar-refractivity contribution in [3.8, 4) is 0 Å². The van der Waals surface area contributed by atoms with Crippen molar-refractivity contribution in [3.05, 3.63) is 20.8 Å². The van der Waals surface area contributed by atoms with E-state index in [1.165, 1.54) is 4.88 Å². The SMILES string of the molecule is CCC(N)C(c1cc(Br)cs1)N(C)C(C)COC. The molecule has 0 bridgehead atoms. The van der Waals surface area contributed by atoms with Gasteiger partial charge < -0.3 is 10.5 Å². The van der Waals surface area contributed by atoms with Crippen LogP contribution in [0, 0.1) is 0 Å². The van der Waals surface area contributed by atoms with Crippen LogP contribution in [-0.4, -0.2) is 37.7 Å². The Bertz CT molecular complexity index is 359. The van der Waals surface area contributed by atoms with Gasteiger partial charge in [0.25, 0.3) is 0 Å². The van der Waals surface area contributed by atoms with Crippen molar-refractivity contribution in [1.29, 1.82) is 0 Å². The lowest BCUT2D eigenvalue weighted by molar-refractivity contribution is 0.0805. The number of thiophene rings is 1. The Morgan fingerprint density at radius 3 is 2.67 bits per heavy atom. The number of hydrogen-bond donors (Lipinski definition) is 1. The fourth-order valence-corrected chi connectivity index (χ4v) is 3.72. The number of nitrogens with zero attached hydrogens (tertiary/aromatic N) is 1. The van der Waals surface area contributed by atoms with Crippen molar-refractivity contribution in [2.75, 3.05) is 20.8 Å². The Hall–Kier alpha value is 0.0600. The topological polar surface area (TPSA) is 38.5 Å². The van der Waals surface area contributed by atoms with Gasteiger partial charge in [0.15, 0.2) is 0 Å². The van der Waals surface area contributed by atoms with E-state index in [1.54, 1.807) is 18.4 Å². The van der Waals surface area contributed by atoms with E-state index in [4.69, 9.17) is 10.5 Å². The Kier molecular flexibility index (Phi) is 6.81. The maximum absolute atomic E-state index is 6.30. The van der Waals surface area contributed by atoms with Crippen LogP contribution < -0.4 is 5.73 Å². The number of halogens is 1. The van der Waals surface area contributed by atoms with Crippen molar-refractivity contribution >= 4 is 27.3 Å². The van der Waals surface area contributed by atoms with Gasteiger partial charge in [-0.15, -0.1) is 11.3 Å². The molecule has 0 saturated heterocycles. The van der Waals surface area contributed by atoms with Crippen molar-refractivity contribution in [1.82, 2.24) is 4.90 Å². The summed E-state index contributed by atoms with van der Waals surface area (Å²) in [6.45, 7) is 5.02. The summed E-state index contributed by atoms with van der Waals surface area (Å²) in [5.41, 5.74) is 6.30. The highest BCUT2D eigenvalue weighted by molar-refractivity contribution is 9.10. The van der Waals surface area contributed by atoms with E-state index in [9.17, 15) is 0 Å². The van der Waals surface area contributed by atoms with Gasteiger partial charge >= 0.3 is 0 Å².